The largest absolute Gasteiger partial charge is 0.505 e. The van der Waals surface area contributed by atoms with Gasteiger partial charge < -0.3 is 10.2 Å². The summed E-state index contributed by atoms with van der Waals surface area (Å²) in [7, 11) is 0. The number of hydrogen-bond acceptors (Lipinski definition) is 3. The van der Waals surface area contributed by atoms with Gasteiger partial charge in [0, 0.05) is 6.20 Å². The number of carboxylic acid groups (broad SMARTS) is 1. The lowest BCUT2D eigenvalue weighted by Gasteiger charge is -1.99. The van der Waals surface area contributed by atoms with E-state index in [2.05, 4.69) is 4.98 Å². The fourth-order valence-corrected chi connectivity index (χ4v) is 0.731. The zero-order chi connectivity index (χ0) is 8.43. The van der Waals surface area contributed by atoms with Gasteiger partial charge in [-0.15, -0.1) is 12.4 Å². The molecule has 0 amide bonds. The maximum Gasteiger partial charge on any atom is 0.339 e. The third-order valence-corrected chi connectivity index (χ3v) is 1.34. The lowest BCUT2D eigenvalue weighted by atomic mass is 10.2. The minimum Gasteiger partial charge on any atom is -0.505 e. The van der Waals surface area contributed by atoms with Crippen LogP contribution >= 0.6 is 12.4 Å². The molecule has 0 aromatic carbocycles. The molecule has 1 aromatic rings. The second-order valence-corrected chi connectivity index (χ2v) is 2.10. The molecule has 0 bridgehead atoms. The number of aryl methyl sites for hydroxylation is 1. The normalized spacial score (nSPS) is 8.75. The van der Waals surface area contributed by atoms with Crippen LogP contribution in [-0.4, -0.2) is 21.2 Å². The molecule has 12 heavy (non-hydrogen) atoms. The first-order chi connectivity index (χ1) is 5.13. The van der Waals surface area contributed by atoms with Crippen LogP contribution in [0.25, 0.3) is 0 Å². The van der Waals surface area contributed by atoms with Gasteiger partial charge in [-0.1, -0.05) is 0 Å². The standard InChI is InChI=1S/C7H7NO3.ClH/c1-4-6(9)5(7(10)11)2-3-8-4;/h2-3,9H,1H3,(H,10,11);1H. The summed E-state index contributed by atoms with van der Waals surface area (Å²) in [6.45, 7) is 1.54. The summed E-state index contributed by atoms with van der Waals surface area (Å²) >= 11 is 0. The maximum absolute atomic E-state index is 10.4. The third kappa shape index (κ3) is 1.85. The number of carbonyl (C=O) groups is 1. The molecular formula is C7H8ClNO3. The second kappa shape index (κ2) is 3.92. The smallest absolute Gasteiger partial charge is 0.339 e. The van der Waals surface area contributed by atoms with Gasteiger partial charge in [-0.05, 0) is 13.0 Å². The fraction of sp³-hybridized carbons (Fsp3) is 0.143. The zero-order valence-corrected chi connectivity index (χ0v) is 7.13. The molecule has 1 heterocycles. The van der Waals surface area contributed by atoms with E-state index in [0.717, 1.165) is 0 Å². The Hall–Kier alpha value is -1.29. The first-order valence-electron chi connectivity index (χ1n) is 3.01. The Bertz CT molecular complexity index is 301. The lowest BCUT2D eigenvalue weighted by Crippen LogP contribution is -1.98. The highest BCUT2D eigenvalue weighted by Crippen LogP contribution is 2.18. The van der Waals surface area contributed by atoms with Crippen LogP contribution in [0, 0.1) is 6.92 Å². The average molecular weight is 190 g/mol. The molecule has 5 heteroatoms. The molecule has 0 saturated heterocycles. The van der Waals surface area contributed by atoms with Crippen molar-refractivity contribution in [1.82, 2.24) is 4.98 Å². The van der Waals surface area contributed by atoms with Crippen LogP contribution in [0.15, 0.2) is 12.3 Å². The number of carboxylic acids is 1. The predicted octanol–water partition coefficient (Wildman–Crippen LogP) is 1.22. The van der Waals surface area contributed by atoms with Crippen molar-refractivity contribution >= 4 is 18.4 Å². The van der Waals surface area contributed by atoms with Crippen molar-refractivity contribution in [2.75, 3.05) is 0 Å². The van der Waals surface area contributed by atoms with E-state index < -0.39 is 5.97 Å². The Morgan fingerprint density at radius 1 is 1.58 bits per heavy atom. The number of aromatic nitrogens is 1. The van der Waals surface area contributed by atoms with Crippen molar-refractivity contribution in [3.8, 4) is 5.75 Å². The van der Waals surface area contributed by atoms with Crippen LogP contribution < -0.4 is 0 Å². The molecule has 0 saturated carbocycles. The van der Waals surface area contributed by atoms with Gasteiger partial charge >= 0.3 is 5.97 Å². The molecule has 0 aliphatic rings. The fourth-order valence-electron chi connectivity index (χ4n) is 0.731. The summed E-state index contributed by atoms with van der Waals surface area (Å²) in [5.41, 5.74) is 0.211. The van der Waals surface area contributed by atoms with Crippen molar-refractivity contribution in [3.05, 3.63) is 23.5 Å². The molecule has 0 aliphatic heterocycles. The molecule has 1 aromatic heterocycles. The van der Waals surface area contributed by atoms with E-state index in [1.165, 1.54) is 12.3 Å². The topological polar surface area (TPSA) is 70.4 Å². The number of rotatable bonds is 1. The lowest BCUT2D eigenvalue weighted by molar-refractivity contribution is 0.0693. The van der Waals surface area contributed by atoms with Crippen molar-refractivity contribution < 1.29 is 15.0 Å². The Morgan fingerprint density at radius 3 is 2.58 bits per heavy atom. The average Bonchev–Trinajstić information content (AvgIpc) is 1.94. The van der Waals surface area contributed by atoms with Crippen molar-refractivity contribution in [3.63, 3.8) is 0 Å². The molecule has 2 N–H and O–H groups in total. The summed E-state index contributed by atoms with van der Waals surface area (Å²) in [6, 6.07) is 1.25. The van der Waals surface area contributed by atoms with Crippen LogP contribution in [0.1, 0.15) is 16.1 Å². The number of halogens is 1. The molecule has 4 nitrogen and oxygen atoms in total. The van der Waals surface area contributed by atoms with E-state index >= 15 is 0 Å². The second-order valence-electron chi connectivity index (χ2n) is 2.10. The van der Waals surface area contributed by atoms with E-state index in [0.29, 0.717) is 5.69 Å². The highest BCUT2D eigenvalue weighted by atomic mass is 35.5. The molecule has 0 unspecified atom stereocenters. The van der Waals surface area contributed by atoms with E-state index in [4.69, 9.17) is 10.2 Å². The van der Waals surface area contributed by atoms with Gasteiger partial charge in [-0.3, -0.25) is 4.98 Å². The van der Waals surface area contributed by atoms with Crippen molar-refractivity contribution in [2.24, 2.45) is 0 Å². The predicted molar refractivity (Wildman–Crippen MR) is 44.8 cm³/mol. The first kappa shape index (κ1) is 10.7. The van der Waals surface area contributed by atoms with Crippen LogP contribution in [0.3, 0.4) is 0 Å². The van der Waals surface area contributed by atoms with Crippen LogP contribution in [0.5, 0.6) is 5.75 Å². The van der Waals surface area contributed by atoms with E-state index in [1.807, 2.05) is 0 Å². The van der Waals surface area contributed by atoms with E-state index in [-0.39, 0.29) is 23.7 Å². The van der Waals surface area contributed by atoms with Gasteiger partial charge in [0.15, 0.2) is 5.75 Å². The Labute approximate surface area is 75.3 Å². The van der Waals surface area contributed by atoms with Crippen molar-refractivity contribution in [2.45, 2.75) is 6.92 Å². The Morgan fingerprint density at radius 2 is 2.17 bits per heavy atom. The van der Waals surface area contributed by atoms with Crippen molar-refractivity contribution in [1.29, 1.82) is 0 Å². The van der Waals surface area contributed by atoms with Gasteiger partial charge in [-0.25, -0.2) is 4.79 Å². The highest BCUT2D eigenvalue weighted by molar-refractivity contribution is 5.90. The molecule has 0 aliphatic carbocycles. The van der Waals surface area contributed by atoms with Crippen LogP contribution in [0.2, 0.25) is 0 Å². The third-order valence-electron chi connectivity index (χ3n) is 1.34. The Balaban J connectivity index is 0.00000121. The number of nitrogens with zero attached hydrogens (tertiary/aromatic N) is 1. The number of aromatic carboxylic acids is 1. The van der Waals surface area contributed by atoms with Crippen LogP contribution in [-0.2, 0) is 0 Å². The van der Waals surface area contributed by atoms with Gasteiger partial charge in [0.1, 0.15) is 5.56 Å². The molecule has 1 rings (SSSR count). The minimum atomic E-state index is -1.15. The van der Waals surface area contributed by atoms with Gasteiger partial charge in [0.2, 0.25) is 0 Å². The monoisotopic (exact) mass is 189 g/mol. The quantitative estimate of drug-likeness (QED) is 0.697. The summed E-state index contributed by atoms with van der Waals surface area (Å²) in [5.74, 6) is -1.41. The summed E-state index contributed by atoms with van der Waals surface area (Å²) in [6.07, 6.45) is 1.35. The number of hydrogen-bond donors (Lipinski definition) is 2. The summed E-state index contributed by atoms with van der Waals surface area (Å²) in [4.78, 5) is 14.1. The molecule has 66 valence electrons. The maximum atomic E-state index is 10.4. The van der Waals surface area contributed by atoms with Crippen LogP contribution in [0.4, 0.5) is 0 Å². The molecule has 0 fully saturated rings. The van der Waals surface area contributed by atoms with Gasteiger partial charge in [0.25, 0.3) is 0 Å². The highest BCUT2D eigenvalue weighted by Gasteiger charge is 2.10. The van der Waals surface area contributed by atoms with E-state index in [9.17, 15) is 4.79 Å². The molecule has 0 atom stereocenters. The van der Waals surface area contributed by atoms with Gasteiger partial charge in [0.05, 0.1) is 5.69 Å². The minimum absolute atomic E-state index is 0. The summed E-state index contributed by atoms with van der Waals surface area (Å²) in [5, 5.41) is 17.6. The number of pyridine rings is 1. The number of aromatic hydroxyl groups is 1. The molecule has 0 radical (unpaired) electrons. The first-order valence-corrected chi connectivity index (χ1v) is 3.01. The molecular weight excluding hydrogens is 182 g/mol. The Kier molecular flexibility index (Phi) is 3.50. The SMILES string of the molecule is Cc1nccc(C(=O)O)c1O.Cl. The summed E-state index contributed by atoms with van der Waals surface area (Å²) < 4.78 is 0. The van der Waals surface area contributed by atoms with Gasteiger partial charge in [-0.2, -0.15) is 0 Å². The zero-order valence-electron chi connectivity index (χ0n) is 6.31. The molecule has 0 spiro atoms. The van der Waals surface area contributed by atoms with E-state index in [1.54, 1.807) is 6.92 Å².